The Morgan fingerprint density at radius 2 is 1.85 bits per heavy atom. The first-order chi connectivity index (χ1) is 12.5. The van der Waals surface area contributed by atoms with Gasteiger partial charge in [-0.3, -0.25) is 10.1 Å². The van der Waals surface area contributed by atoms with E-state index < -0.39 is 4.92 Å². The molecular formula is C17H18N6O3. The van der Waals surface area contributed by atoms with E-state index in [-0.39, 0.29) is 5.69 Å². The van der Waals surface area contributed by atoms with Crippen LogP contribution in [-0.2, 0) is 6.54 Å². The summed E-state index contributed by atoms with van der Waals surface area (Å²) in [5.74, 6) is 0.428. The average molecular weight is 354 g/mol. The fourth-order valence-corrected chi connectivity index (χ4v) is 2.49. The van der Waals surface area contributed by atoms with Crippen LogP contribution in [0.2, 0.25) is 0 Å². The number of hydrogen-bond acceptors (Lipinski definition) is 7. The number of non-ortho nitro benzene ring substituents is 1. The summed E-state index contributed by atoms with van der Waals surface area (Å²) in [5, 5.41) is 23.6. The van der Waals surface area contributed by atoms with Gasteiger partial charge in [-0.2, -0.15) is 5.10 Å². The van der Waals surface area contributed by atoms with Crippen LogP contribution >= 0.6 is 0 Å². The van der Waals surface area contributed by atoms with Crippen molar-refractivity contribution in [3.8, 4) is 23.0 Å². The van der Waals surface area contributed by atoms with Crippen molar-refractivity contribution < 1.29 is 9.66 Å². The molecular weight excluding hydrogens is 336 g/mol. The predicted octanol–water partition coefficient (Wildman–Crippen LogP) is 2.31. The Balaban J connectivity index is 2.02. The number of nitro groups is 1. The first-order valence-corrected chi connectivity index (χ1v) is 7.84. The molecule has 0 N–H and O–H groups in total. The molecule has 9 heteroatoms. The molecule has 0 saturated heterocycles. The first kappa shape index (κ1) is 17.5. The van der Waals surface area contributed by atoms with Gasteiger partial charge in [-0.25, -0.2) is 4.68 Å². The van der Waals surface area contributed by atoms with Crippen molar-refractivity contribution in [1.29, 1.82) is 0 Å². The van der Waals surface area contributed by atoms with Crippen LogP contribution in [0.5, 0.6) is 5.88 Å². The molecule has 0 bridgehead atoms. The molecule has 2 heterocycles. The summed E-state index contributed by atoms with van der Waals surface area (Å²) in [4.78, 5) is 12.4. The Bertz CT molecular complexity index is 903. The lowest BCUT2D eigenvalue weighted by molar-refractivity contribution is -0.384. The predicted molar refractivity (Wildman–Crippen MR) is 95.2 cm³/mol. The van der Waals surface area contributed by atoms with E-state index in [0.29, 0.717) is 23.8 Å². The number of aromatic nitrogens is 4. The Labute approximate surface area is 150 Å². The van der Waals surface area contributed by atoms with Crippen LogP contribution in [0.1, 0.15) is 5.69 Å². The maximum atomic E-state index is 10.9. The van der Waals surface area contributed by atoms with Crippen LogP contribution < -0.4 is 4.74 Å². The van der Waals surface area contributed by atoms with Gasteiger partial charge in [-0.05, 0) is 38.4 Å². The third-order valence-corrected chi connectivity index (χ3v) is 3.68. The summed E-state index contributed by atoms with van der Waals surface area (Å²) in [6.07, 6.45) is 0. The Morgan fingerprint density at radius 3 is 2.38 bits per heavy atom. The fraction of sp³-hybridized carbons (Fsp3) is 0.235. The van der Waals surface area contributed by atoms with E-state index in [0.717, 1.165) is 11.4 Å². The van der Waals surface area contributed by atoms with E-state index in [1.165, 1.54) is 19.2 Å². The van der Waals surface area contributed by atoms with Crippen LogP contribution in [0.3, 0.4) is 0 Å². The highest BCUT2D eigenvalue weighted by Crippen LogP contribution is 2.23. The largest absolute Gasteiger partial charge is 0.480 e. The van der Waals surface area contributed by atoms with Crippen molar-refractivity contribution in [3.63, 3.8) is 0 Å². The van der Waals surface area contributed by atoms with E-state index in [2.05, 4.69) is 15.3 Å². The number of methoxy groups -OCH3 is 1. The molecule has 0 aliphatic heterocycles. The molecule has 3 aromatic rings. The highest BCUT2D eigenvalue weighted by atomic mass is 16.6. The first-order valence-electron chi connectivity index (χ1n) is 7.84. The van der Waals surface area contributed by atoms with Gasteiger partial charge in [0.1, 0.15) is 11.4 Å². The van der Waals surface area contributed by atoms with Gasteiger partial charge in [-0.1, -0.05) is 0 Å². The van der Waals surface area contributed by atoms with Crippen LogP contribution in [-0.4, -0.2) is 51.0 Å². The Hall–Kier alpha value is -3.33. The van der Waals surface area contributed by atoms with Gasteiger partial charge in [0.25, 0.3) is 5.69 Å². The van der Waals surface area contributed by atoms with Crippen LogP contribution in [0.15, 0.2) is 42.5 Å². The molecule has 0 radical (unpaired) electrons. The molecule has 2 aromatic heterocycles. The minimum atomic E-state index is -0.425. The van der Waals surface area contributed by atoms with Crippen LogP contribution in [0, 0.1) is 10.1 Å². The maximum absolute atomic E-state index is 10.9. The third-order valence-electron chi connectivity index (χ3n) is 3.68. The molecule has 3 rings (SSSR count). The monoisotopic (exact) mass is 354 g/mol. The summed E-state index contributed by atoms with van der Waals surface area (Å²) in [6.45, 7) is 0.646. The summed E-state index contributed by atoms with van der Waals surface area (Å²) >= 11 is 0. The van der Waals surface area contributed by atoms with Crippen LogP contribution in [0.4, 0.5) is 5.69 Å². The summed E-state index contributed by atoms with van der Waals surface area (Å²) in [6, 6.07) is 11.7. The molecule has 0 unspecified atom stereocenters. The zero-order valence-corrected chi connectivity index (χ0v) is 14.7. The van der Waals surface area contributed by atoms with E-state index in [4.69, 9.17) is 4.74 Å². The second-order valence-electron chi connectivity index (χ2n) is 5.90. The number of hydrogen-bond donors (Lipinski definition) is 0. The molecule has 134 valence electrons. The van der Waals surface area contributed by atoms with Crippen molar-refractivity contribution in [3.05, 3.63) is 58.3 Å². The second-order valence-corrected chi connectivity index (χ2v) is 5.90. The SMILES string of the molecule is COc1ccc(-c2cc(CN(C)C)n(-c3ccc([N+](=O)[O-])cc3)n2)nn1. The summed E-state index contributed by atoms with van der Waals surface area (Å²) in [5.41, 5.74) is 2.98. The van der Waals surface area contributed by atoms with Gasteiger partial charge >= 0.3 is 0 Å². The highest BCUT2D eigenvalue weighted by molar-refractivity contribution is 5.55. The lowest BCUT2D eigenvalue weighted by Gasteiger charge is -2.11. The Kier molecular flexibility index (Phi) is 4.90. The molecule has 0 atom stereocenters. The lowest BCUT2D eigenvalue weighted by Crippen LogP contribution is -2.14. The van der Waals surface area contributed by atoms with Gasteiger partial charge in [0, 0.05) is 24.7 Å². The van der Waals surface area contributed by atoms with Crippen molar-refractivity contribution >= 4 is 5.69 Å². The normalized spacial score (nSPS) is 10.9. The number of nitrogens with zero attached hydrogens (tertiary/aromatic N) is 6. The van der Waals surface area contributed by atoms with Crippen molar-refractivity contribution in [2.75, 3.05) is 21.2 Å². The molecule has 9 nitrogen and oxygen atoms in total. The van der Waals surface area contributed by atoms with E-state index in [1.807, 2.05) is 25.1 Å². The quantitative estimate of drug-likeness (QED) is 0.495. The van der Waals surface area contributed by atoms with Gasteiger partial charge in [0.05, 0.1) is 23.4 Å². The highest BCUT2D eigenvalue weighted by Gasteiger charge is 2.14. The van der Waals surface area contributed by atoms with Gasteiger partial charge in [0.15, 0.2) is 0 Å². The number of benzene rings is 1. The van der Waals surface area contributed by atoms with Gasteiger partial charge in [-0.15, -0.1) is 10.2 Å². The molecule has 0 amide bonds. The summed E-state index contributed by atoms with van der Waals surface area (Å²) in [7, 11) is 5.45. The zero-order chi connectivity index (χ0) is 18.7. The fourth-order valence-electron chi connectivity index (χ4n) is 2.49. The minimum absolute atomic E-state index is 0.0383. The van der Waals surface area contributed by atoms with Crippen molar-refractivity contribution in [2.45, 2.75) is 6.54 Å². The third kappa shape index (κ3) is 3.67. The molecule has 0 saturated carbocycles. The number of nitro benzene ring substituents is 1. The smallest absolute Gasteiger partial charge is 0.269 e. The molecule has 0 aliphatic rings. The number of rotatable bonds is 6. The van der Waals surface area contributed by atoms with Gasteiger partial charge in [0.2, 0.25) is 5.88 Å². The maximum Gasteiger partial charge on any atom is 0.269 e. The molecule has 0 spiro atoms. The lowest BCUT2D eigenvalue weighted by atomic mass is 10.2. The topological polar surface area (TPSA) is 99.2 Å². The second kappa shape index (κ2) is 7.28. The zero-order valence-electron chi connectivity index (χ0n) is 14.7. The Morgan fingerprint density at radius 1 is 1.12 bits per heavy atom. The molecule has 1 aromatic carbocycles. The standard InChI is InChI=1S/C17H18N6O3/c1-21(2)11-14-10-16(15-8-9-17(26-3)19-18-15)20-22(14)12-4-6-13(7-5-12)23(24)25/h4-10H,11H2,1-3H3. The summed E-state index contributed by atoms with van der Waals surface area (Å²) < 4.78 is 6.78. The van der Waals surface area contributed by atoms with E-state index in [9.17, 15) is 10.1 Å². The number of ether oxygens (including phenoxy) is 1. The molecule has 26 heavy (non-hydrogen) atoms. The molecule has 0 aliphatic carbocycles. The van der Waals surface area contributed by atoms with Gasteiger partial charge < -0.3 is 9.64 Å². The average Bonchev–Trinajstić information content (AvgIpc) is 3.05. The van der Waals surface area contributed by atoms with Crippen molar-refractivity contribution in [1.82, 2.24) is 24.9 Å². The van der Waals surface area contributed by atoms with E-state index >= 15 is 0 Å². The van der Waals surface area contributed by atoms with Crippen molar-refractivity contribution in [2.24, 2.45) is 0 Å². The van der Waals surface area contributed by atoms with Crippen LogP contribution in [0.25, 0.3) is 17.1 Å². The minimum Gasteiger partial charge on any atom is -0.480 e. The molecule has 0 fully saturated rings. The van der Waals surface area contributed by atoms with E-state index in [1.54, 1.807) is 28.9 Å².